The predicted molar refractivity (Wildman–Crippen MR) is 98.4 cm³/mol. The number of aryl methyl sites for hydroxylation is 1. The Morgan fingerprint density at radius 2 is 1.78 bits per heavy atom. The summed E-state index contributed by atoms with van der Waals surface area (Å²) in [6, 6.07) is 0. The topological polar surface area (TPSA) is 95.5 Å². The van der Waals surface area contributed by atoms with Gasteiger partial charge in [-0.15, -0.1) is 11.3 Å². The number of carboxylic acid groups (broad SMARTS) is 1. The number of esters is 1. The van der Waals surface area contributed by atoms with E-state index in [1.165, 1.54) is 18.4 Å². The molecule has 0 aromatic carbocycles. The maximum atomic E-state index is 13.0. The van der Waals surface area contributed by atoms with Crippen LogP contribution in [0.4, 0.5) is 5.00 Å². The molecule has 146 valence electrons. The number of carbonyl (C=O) groups excluding carboxylic acids is 3. The molecular formula is C20H24NO5S-. The number of thiophene rings is 1. The van der Waals surface area contributed by atoms with E-state index < -0.39 is 23.8 Å². The van der Waals surface area contributed by atoms with E-state index in [2.05, 4.69) is 5.32 Å². The molecule has 1 amide bonds. The largest absolute Gasteiger partial charge is 0.550 e. The number of carboxylic acids is 1. The summed E-state index contributed by atoms with van der Waals surface area (Å²) in [4.78, 5) is 38.2. The van der Waals surface area contributed by atoms with E-state index in [1.807, 2.05) is 0 Å². The summed E-state index contributed by atoms with van der Waals surface area (Å²) in [5.74, 6) is -3.01. The van der Waals surface area contributed by atoms with Crippen molar-refractivity contribution in [2.45, 2.75) is 51.4 Å². The van der Waals surface area contributed by atoms with Gasteiger partial charge in [0.25, 0.3) is 0 Å². The first-order chi connectivity index (χ1) is 13.0. The van der Waals surface area contributed by atoms with Crippen LogP contribution < -0.4 is 10.4 Å². The number of hydrogen-bond donors (Lipinski definition) is 1. The van der Waals surface area contributed by atoms with Crippen molar-refractivity contribution in [1.82, 2.24) is 0 Å². The van der Waals surface area contributed by atoms with Crippen LogP contribution in [0.5, 0.6) is 0 Å². The summed E-state index contributed by atoms with van der Waals surface area (Å²) < 4.78 is 4.97. The molecule has 2 fully saturated rings. The Morgan fingerprint density at radius 1 is 1.07 bits per heavy atom. The number of carbonyl (C=O) groups is 3. The molecule has 7 heteroatoms. The van der Waals surface area contributed by atoms with Crippen LogP contribution in [0.15, 0.2) is 0 Å². The van der Waals surface area contributed by atoms with Crippen molar-refractivity contribution in [3.63, 3.8) is 0 Å². The molecule has 1 aromatic rings. The highest BCUT2D eigenvalue weighted by molar-refractivity contribution is 7.17. The van der Waals surface area contributed by atoms with Gasteiger partial charge in [-0.25, -0.2) is 4.79 Å². The van der Waals surface area contributed by atoms with Gasteiger partial charge in [0.2, 0.25) is 5.91 Å². The molecule has 4 atom stereocenters. The average Bonchev–Trinajstić information content (AvgIpc) is 3.30. The van der Waals surface area contributed by atoms with Gasteiger partial charge < -0.3 is 20.0 Å². The van der Waals surface area contributed by atoms with Crippen molar-refractivity contribution >= 4 is 34.2 Å². The number of fused-ring (bicyclic) bond motifs is 3. The van der Waals surface area contributed by atoms with Gasteiger partial charge in [0.15, 0.2) is 0 Å². The molecule has 0 unspecified atom stereocenters. The lowest BCUT2D eigenvalue weighted by molar-refractivity contribution is -0.314. The SMILES string of the molecule is COC(=O)c1c(NC(=O)[C@@H]2[C@H]3CC[C@@H](C3)[C@@H]2C(=O)[O-])sc2c1CCCCC2. The van der Waals surface area contributed by atoms with Crippen LogP contribution in [0.2, 0.25) is 0 Å². The molecule has 1 N–H and O–H groups in total. The van der Waals surface area contributed by atoms with Crippen LogP contribution in [0.3, 0.4) is 0 Å². The molecule has 6 nitrogen and oxygen atoms in total. The molecule has 0 saturated heterocycles. The Labute approximate surface area is 162 Å². The molecule has 2 saturated carbocycles. The highest BCUT2D eigenvalue weighted by atomic mass is 32.1. The molecule has 3 aliphatic carbocycles. The smallest absolute Gasteiger partial charge is 0.341 e. The first kappa shape index (κ1) is 18.5. The Hall–Kier alpha value is -1.89. The number of anilines is 1. The van der Waals surface area contributed by atoms with E-state index >= 15 is 0 Å². The van der Waals surface area contributed by atoms with Gasteiger partial charge in [0.05, 0.1) is 12.7 Å². The summed E-state index contributed by atoms with van der Waals surface area (Å²) in [6.07, 6.45) is 7.44. The van der Waals surface area contributed by atoms with Gasteiger partial charge in [0.1, 0.15) is 5.00 Å². The van der Waals surface area contributed by atoms with E-state index in [9.17, 15) is 19.5 Å². The fourth-order valence-corrected chi connectivity index (χ4v) is 6.63. The van der Waals surface area contributed by atoms with Crippen molar-refractivity contribution in [2.75, 3.05) is 12.4 Å². The number of amides is 1. The van der Waals surface area contributed by atoms with Crippen LogP contribution in [-0.2, 0) is 27.2 Å². The monoisotopic (exact) mass is 390 g/mol. The quantitative estimate of drug-likeness (QED) is 0.628. The zero-order valence-electron chi connectivity index (χ0n) is 15.4. The van der Waals surface area contributed by atoms with Gasteiger partial charge in [-0.05, 0) is 62.3 Å². The maximum absolute atomic E-state index is 13.0. The van der Waals surface area contributed by atoms with Crippen molar-refractivity contribution in [3.05, 3.63) is 16.0 Å². The van der Waals surface area contributed by atoms with Crippen molar-refractivity contribution in [2.24, 2.45) is 23.7 Å². The van der Waals surface area contributed by atoms with Gasteiger partial charge in [-0.1, -0.05) is 6.42 Å². The van der Waals surface area contributed by atoms with E-state index in [1.54, 1.807) is 0 Å². The molecule has 1 aromatic heterocycles. The van der Waals surface area contributed by atoms with E-state index in [0.29, 0.717) is 10.6 Å². The molecule has 0 spiro atoms. The minimum absolute atomic E-state index is 0.0379. The first-order valence-corrected chi connectivity index (χ1v) is 10.6. The van der Waals surface area contributed by atoms with Gasteiger partial charge in [0, 0.05) is 22.7 Å². The highest BCUT2D eigenvalue weighted by Gasteiger charge is 2.51. The molecule has 3 aliphatic rings. The number of nitrogens with one attached hydrogen (secondary N) is 1. The molecule has 0 aliphatic heterocycles. The second-order valence-electron chi connectivity index (χ2n) is 7.95. The fourth-order valence-electron chi connectivity index (χ4n) is 5.35. The Bertz CT molecular complexity index is 786. The van der Waals surface area contributed by atoms with E-state index in [0.717, 1.165) is 61.8 Å². The highest BCUT2D eigenvalue weighted by Crippen LogP contribution is 2.52. The third-order valence-corrected chi connectivity index (χ3v) is 7.75. The molecule has 0 radical (unpaired) electrons. The zero-order valence-corrected chi connectivity index (χ0v) is 16.2. The Kier molecular flexibility index (Phi) is 4.97. The van der Waals surface area contributed by atoms with Crippen LogP contribution in [0.1, 0.15) is 59.3 Å². The molecule has 27 heavy (non-hydrogen) atoms. The third kappa shape index (κ3) is 3.16. The second-order valence-corrected chi connectivity index (χ2v) is 9.06. The van der Waals surface area contributed by atoms with Crippen molar-refractivity contribution in [1.29, 1.82) is 0 Å². The number of aliphatic carboxylic acids is 1. The number of rotatable bonds is 4. The van der Waals surface area contributed by atoms with Gasteiger partial charge in [-0.3, -0.25) is 4.79 Å². The summed E-state index contributed by atoms with van der Waals surface area (Å²) in [5, 5.41) is 15.0. The minimum Gasteiger partial charge on any atom is -0.550 e. The van der Waals surface area contributed by atoms with Gasteiger partial charge >= 0.3 is 5.97 Å². The first-order valence-electron chi connectivity index (χ1n) is 9.75. The average molecular weight is 390 g/mol. The molecule has 2 bridgehead atoms. The third-order valence-electron chi connectivity index (χ3n) is 6.54. The van der Waals surface area contributed by atoms with Crippen molar-refractivity contribution < 1.29 is 24.2 Å². The number of methoxy groups -OCH3 is 1. The summed E-state index contributed by atoms with van der Waals surface area (Å²) in [5.41, 5.74) is 1.45. The van der Waals surface area contributed by atoms with Crippen LogP contribution in [0.25, 0.3) is 0 Å². The number of ether oxygens (including phenoxy) is 1. The van der Waals surface area contributed by atoms with Crippen LogP contribution >= 0.6 is 11.3 Å². The predicted octanol–water partition coefficient (Wildman–Crippen LogP) is 2.15. The van der Waals surface area contributed by atoms with Crippen LogP contribution in [0, 0.1) is 23.7 Å². The lowest BCUT2D eigenvalue weighted by Gasteiger charge is -2.30. The van der Waals surface area contributed by atoms with Crippen LogP contribution in [-0.4, -0.2) is 25.0 Å². The zero-order chi connectivity index (χ0) is 19.1. The normalized spacial score (nSPS) is 29.1. The van der Waals surface area contributed by atoms with Gasteiger partial charge in [-0.2, -0.15) is 0 Å². The second kappa shape index (κ2) is 7.26. The number of hydrogen-bond acceptors (Lipinski definition) is 6. The maximum Gasteiger partial charge on any atom is 0.341 e. The fraction of sp³-hybridized carbons (Fsp3) is 0.650. The summed E-state index contributed by atoms with van der Waals surface area (Å²) in [6.45, 7) is 0. The molecule has 1 heterocycles. The lowest BCUT2D eigenvalue weighted by Crippen LogP contribution is -2.44. The Balaban J connectivity index is 1.63. The van der Waals surface area contributed by atoms with E-state index in [4.69, 9.17) is 4.74 Å². The lowest BCUT2D eigenvalue weighted by atomic mass is 9.79. The summed E-state index contributed by atoms with van der Waals surface area (Å²) >= 11 is 1.44. The van der Waals surface area contributed by atoms with Crippen molar-refractivity contribution in [3.8, 4) is 0 Å². The van der Waals surface area contributed by atoms with E-state index in [-0.39, 0.29) is 17.7 Å². The Morgan fingerprint density at radius 3 is 2.48 bits per heavy atom. The minimum atomic E-state index is -1.13. The molecule has 4 rings (SSSR count). The summed E-state index contributed by atoms with van der Waals surface area (Å²) in [7, 11) is 1.34. The standard InChI is InChI=1S/C20H25NO5S/c1-26-20(25)16-12-5-3-2-4-6-13(12)27-18(16)21-17(22)14-10-7-8-11(9-10)15(14)19(23)24/h10-11,14-15H,2-9H2,1H3,(H,21,22)(H,23,24)/p-1/t10-,11-,14+,15-/m0/s1. The molecular weight excluding hydrogens is 366 g/mol.